The van der Waals surface area contributed by atoms with E-state index < -0.39 is 11.5 Å². The van der Waals surface area contributed by atoms with Crippen molar-refractivity contribution in [3.05, 3.63) is 29.3 Å². The van der Waals surface area contributed by atoms with E-state index in [-0.39, 0.29) is 5.91 Å². The molecule has 0 bridgehead atoms. The lowest BCUT2D eigenvalue weighted by atomic mass is 10.0. The van der Waals surface area contributed by atoms with Gasteiger partial charge >= 0.3 is 5.97 Å². The van der Waals surface area contributed by atoms with Crippen LogP contribution >= 0.6 is 0 Å². The van der Waals surface area contributed by atoms with E-state index in [9.17, 15) is 9.59 Å². The van der Waals surface area contributed by atoms with Crippen molar-refractivity contribution in [3.63, 3.8) is 0 Å². The fourth-order valence-corrected chi connectivity index (χ4v) is 1.91. The summed E-state index contributed by atoms with van der Waals surface area (Å²) in [7, 11) is 0. The number of carbonyl (C=O) groups is 2. The molecule has 1 aliphatic rings. The molecule has 1 aromatic rings. The smallest absolute Gasteiger partial charge is 0.328 e. The standard InChI is InChI=1S/C14H17NO4/c1-14(2,13(17)18)15-12(16)10-5-6-11-9(8-10)4-3-7-19-11/h5-6,8H,3-4,7H2,1-2H3,(H,15,16)(H,17,18). The van der Waals surface area contributed by atoms with Crippen molar-refractivity contribution < 1.29 is 19.4 Å². The highest BCUT2D eigenvalue weighted by atomic mass is 16.5. The third kappa shape index (κ3) is 2.86. The van der Waals surface area contributed by atoms with Crippen LogP contribution in [-0.2, 0) is 11.2 Å². The van der Waals surface area contributed by atoms with E-state index in [2.05, 4.69) is 5.32 Å². The van der Waals surface area contributed by atoms with Crippen LogP contribution in [0.5, 0.6) is 5.75 Å². The third-order valence-electron chi connectivity index (χ3n) is 3.13. The molecule has 0 unspecified atom stereocenters. The van der Waals surface area contributed by atoms with Gasteiger partial charge in [0.2, 0.25) is 0 Å². The van der Waals surface area contributed by atoms with Gasteiger partial charge in [0.1, 0.15) is 11.3 Å². The van der Waals surface area contributed by atoms with Gasteiger partial charge in [-0.3, -0.25) is 4.79 Å². The van der Waals surface area contributed by atoms with Crippen LogP contribution in [-0.4, -0.2) is 29.1 Å². The number of rotatable bonds is 3. The first kappa shape index (κ1) is 13.4. The minimum atomic E-state index is -1.29. The molecular formula is C14H17NO4. The van der Waals surface area contributed by atoms with Gasteiger partial charge in [-0.2, -0.15) is 0 Å². The fraction of sp³-hybridized carbons (Fsp3) is 0.429. The van der Waals surface area contributed by atoms with E-state index >= 15 is 0 Å². The third-order valence-corrected chi connectivity index (χ3v) is 3.13. The predicted octanol–water partition coefficient (Wildman–Crippen LogP) is 1.60. The Labute approximate surface area is 111 Å². The van der Waals surface area contributed by atoms with Crippen LogP contribution < -0.4 is 10.1 Å². The summed E-state index contributed by atoms with van der Waals surface area (Å²) in [6.45, 7) is 3.61. The quantitative estimate of drug-likeness (QED) is 0.868. The van der Waals surface area contributed by atoms with Crippen molar-refractivity contribution in [3.8, 4) is 5.75 Å². The summed E-state index contributed by atoms with van der Waals surface area (Å²) in [4.78, 5) is 23.0. The van der Waals surface area contributed by atoms with E-state index in [0.717, 1.165) is 24.2 Å². The topological polar surface area (TPSA) is 75.6 Å². The average Bonchev–Trinajstić information content (AvgIpc) is 2.37. The molecular weight excluding hydrogens is 246 g/mol. The number of fused-ring (bicyclic) bond motifs is 1. The number of amides is 1. The fourth-order valence-electron chi connectivity index (χ4n) is 1.91. The van der Waals surface area contributed by atoms with Gasteiger partial charge in [0.15, 0.2) is 0 Å². The number of nitrogens with one attached hydrogen (secondary N) is 1. The van der Waals surface area contributed by atoms with E-state index in [1.165, 1.54) is 13.8 Å². The lowest BCUT2D eigenvalue weighted by Crippen LogP contribution is -2.49. The Morgan fingerprint density at radius 1 is 1.37 bits per heavy atom. The molecule has 1 heterocycles. The van der Waals surface area contributed by atoms with E-state index in [1.54, 1.807) is 18.2 Å². The van der Waals surface area contributed by atoms with Gasteiger partial charge in [0.25, 0.3) is 5.91 Å². The van der Waals surface area contributed by atoms with Gasteiger partial charge < -0.3 is 15.2 Å². The number of hydrogen-bond donors (Lipinski definition) is 2. The SMILES string of the molecule is CC(C)(NC(=O)c1ccc2c(c1)CCCO2)C(=O)O. The molecule has 0 saturated carbocycles. The Kier molecular flexibility index (Phi) is 3.46. The highest BCUT2D eigenvalue weighted by molar-refractivity contribution is 5.97. The van der Waals surface area contributed by atoms with Crippen molar-refractivity contribution in [2.24, 2.45) is 0 Å². The lowest BCUT2D eigenvalue weighted by Gasteiger charge is -2.22. The van der Waals surface area contributed by atoms with Crippen LogP contribution in [0, 0.1) is 0 Å². The van der Waals surface area contributed by atoms with Gasteiger partial charge in [0, 0.05) is 5.56 Å². The molecule has 1 amide bonds. The second-order valence-corrected chi connectivity index (χ2v) is 5.16. The molecule has 0 fully saturated rings. The highest BCUT2D eigenvalue weighted by Crippen LogP contribution is 2.25. The summed E-state index contributed by atoms with van der Waals surface area (Å²) in [5.74, 6) is -0.650. The Bertz CT molecular complexity index is 522. The van der Waals surface area contributed by atoms with Crippen LogP contribution in [0.2, 0.25) is 0 Å². The molecule has 0 aliphatic carbocycles. The first-order chi connectivity index (χ1) is 8.90. The largest absolute Gasteiger partial charge is 0.493 e. The zero-order valence-corrected chi connectivity index (χ0v) is 11.0. The van der Waals surface area contributed by atoms with Crippen LogP contribution in [0.1, 0.15) is 36.2 Å². The molecule has 19 heavy (non-hydrogen) atoms. The number of aryl methyl sites for hydroxylation is 1. The molecule has 0 atom stereocenters. The molecule has 2 N–H and O–H groups in total. The van der Waals surface area contributed by atoms with E-state index in [1.807, 2.05) is 0 Å². The van der Waals surface area contributed by atoms with Crippen LogP contribution in [0.4, 0.5) is 0 Å². The van der Waals surface area contributed by atoms with Crippen LogP contribution in [0.3, 0.4) is 0 Å². The maximum atomic E-state index is 12.0. The molecule has 0 spiro atoms. The van der Waals surface area contributed by atoms with Crippen molar-refractivity contribution in [1.82, 2.24) is 5.32 Å². The Balaban J connectivity index is 2.18. The monoisotopic (exact) mass is 263 g/mol. The second-order valence-electron chi connectivity index (χ2n) is 5.16. The minimum Gasteiger partial charge on any atom is -0.493 e. The van der Waals surface area contributed by atoms with Crippen LogP contribution in [0.15, 0.2) is 18.2 Å². The number of hydrogen-bond acceptors (Lipinski definition) is 3. The van der Waals surface area contributed by atoms with E-state index in [0.29, 0.717) is 12.2 Å². The zero-order chi connectivity index (χ0) is 14.0. The van der Waals surface area contributed by atoms with Gasteiger partial charge in [-0.05, 0) is 50.5 Å². The highest BCUT2D eigenvalue weighted by Gasteiger charge is 2.29. The van der Waals surface area contributed by atoms with Crippen molar-refractivity contribution in [1.29, 1.82) is 0 Å². The van der Waals surface area contributed by atoms with E-state index in [4.69, 9.17) is 9.84 Å². The number of ether oxygens (including phenoxy) is 1. The lowest BCUT2D eigenvalue weighted by molar-refractivity contribution is -0.143. The maximum absolute atomic E-state index is 12.0. The molecule has 0 saturated heterocycles. The first-order valence-corrected chi connectivity index (χ1v) is 6.22. The van der Waals surface area contributed by atoms with Crippen molar-refractivity contribution in [2.75, 3.05) is 6.61 Å². The predicted molar refractivity (Wildman–Crippen MR) is 69.4 cm³/mol. The Hall–Kier alpha value is -2.04. The first-order valence-electron chi connectivity index (χ1n) is 6.22. The molecule has 5 heteroatoms. The summed E-state index contributed by atoms with van der Waals surface area (Å²) in [6.07, 6.45) is 1.80. The van der Waals surface area contributed by atoms with Crippen molar-refractivity contribution in [2.45, 2.75) is 32.2 Å². The zero-order valence-electron chi connectivity index (χ0n) is 11.0. The minimum absolute atomic E-state index is 0.388. The van der Waals surface area contributed by atoms with Gasteiger partial charge in [-0.25, -0.2) is 4.79 Å². The molecule has 0 radical (unpaired) electrons. The molecule has 0 aromatic heterocycles. The summed E-state index contributed by atoms with van der Waals surface area (Å²) >= 11 is 0. The second kappa shape index (κ2) is 4.91. The summed E-state index contributed by atoms with van der Waals surface area (Å²) < 4.78 is 5.47. The molecule has 102 valence electrons. The normalized spacial score (nSPS) is 14.2. The molecule has 2 rings (SSSR count). The maximum Gasteiger partial charge on any atom is 0.328 e. The number of carboxylic acids is 1. The van der Waals surface area contributed by atoms with Gasteiger partial charge in [-0.15, -0.1) is 0 Å². The van der Waals surface area contributed by atoms with Crippen molar-refractivity contribution >= 4 is 11.9 Å². The number of benzene rings is 1. The molecule has 1 aliphatic heterocycles. The van der Waals surface area contributed by atoms with Crippen LogP contribution in [0.25, 0.3) is 0 Å². The summed E-state index contributed by atoms with van der Waals surface area (Å²) in [6, 6.07) is 5.18. The number of aliphatic carboxylic acids is 1. The Morgan fingerprint density at radius 2 is 2.11 bits per heavy atom. The Morgan fingerprint density at radius 3 is 2.79 bits per heavy atom. The van der Waals surface area contributed by atoms with Gasteiger partial charge in [0.05, 0.1) is 6.61 Å². The summed E-state index contributed by atoms with van der Waals surface area (Å²) in [5.41, 5.74) is 0.161. The average molecular weight is 263 g/mol. The molecule has 5 nitrogen and oxygen atoms in total. The molecule has 1 aromatic carbocycles. The summed E-state index contributed by atoms with van der Waals surface area (Å²) in [5, 5.41) is 11.5. The number of carbonyl (C=O) groups excluding carboxylic acids is 1. The number of carboxylic acid groups (broad SMARTS) is 1. The van der Waals surface area contributed by atoms with Gasteiger partial charge in [-0.1, -0.05) is 0 Å².